The molecular formula is C16H21N3O. The maximum Gasteiger partial charge on any atom is 0.230 e. The predicted octanol–water partition coefficient (Wildman–Crippen LogP) is 2.59. The molecule has 1 aliphatic rings. The number of fused-ring (bicyclic) bond motifs is 1. The zero-order valence-corrected chi connectivity index (χ0v) is 12.1. The van der Waals surface area contributed by atoms with E-state index < -0.39 is 0 Å². The van der Waals surface area contributed by atoms with Crippen LogP contribution in [0.15, 0.2) is 24.3 Å². The first-order valence-corrected chi connectivity index (χ1v) is 7.18. The number of hydrogen-bond acceptors (Lipinski definition) is 3. The molecule has 0 aromatic heterocycles. The van der Waals surface area contributed by atoms with Gasteiger partial charge >= 0.3 is 0 Å². The Balaban J connectivity index is 2.19. The van der Waals surface area contributed by atoms with Gasteiger partial charge in [0.15, 0.2) is 0 Å². The number of likely N-dealkylation sites (N-methyl/N-ethyl adjacent to an activating group) is 1. The van der Waals surface area contributed by atoms with Gasteiger partial charge in [-0.25, -0.2) is 0 Å². The Kier molecular flexibility index (Phi) is 4.62. The van der Waals surface area contributed by atoms with E-state index in [0.29, 0.717) is 13.1 Å². The van der Waals surface area contributed by atoms with Gasteiger partial charge in [-0.2, -0.15) is 5.26 Å². The van der Waals surface area contributed by atoms with Gasteiger partial charge in [0.25, 0.3) is 0 Å². The van der Waals surface area contributed by atoms with Crippen LogP contribution in [0.4, 0.5) is 5.69 Å². The molecule has 1 aliphatic heterocycles. The summed E-state index contributed by atoms with van der Waals surface area (Å²) in [4.78, 5) is 14.5. The van der Waals surface area contributed by atoms with Crippen LogP contribution in [0.3, 0.4) is 0 Å². The maximum atomic E-state index is 12.7. The van der Waals surface area contributed by atoms with Crippen LogP contribution in [0.1, 0.15) is 31.7 Å². The molecule has 20 heavy (non-hydrogen) atoms. The maximum absolute atomic E-state index is 12.7. The Hall–Kier alpha value is -2.02. The molecule has 1 N–H and O–H groups in total. The lowest BCUT2D eigenvalue weighted by Crippen LogP contribution is -2.39. The van der Waals surface area contributed by atoms with E-state index >= 15 is 0 Å². The van der Waals surface area contributed by atoms with E-state index in [-0.39, 0.29) is 17.7 Å². The van der Waals surface area contributed by atoms with Gasteiger partial charge in [0.05, 0.1) is 17.9 Å². The number of rotatable bonds is 4. The molecule has 106 valence electrons. The fraction of sp³-hybridized carbons (Fsp3) is 0.500. The summed E-state index contributed by atoms with van der Waals surface area (Å²) < 4.78 is 0. The molecular weight excluding hydrogens is 250 g/mol. The molecule has 0 saturated heterocycles. The Labute approximate surface area is 120 Å². The van der Waals surface area contributed by atoms with Crippen molar-refractivity contribution in [2.45, 2.75) is 26.2 Å². The summed E-state index contributed by atoms with van der Waals surface area (Å²) in [5, 5.41) is 12.3. The first-order valence-electron chi connectivity index (χ1n) is 7.18. The molecule has 0 aliphatic carbocycles. The van der Waals surface area contributed by atoms with Crippen LogP contribution in [0.5, 0.6) is 0 Å². The van der Waals surface area contributed by atoms with E-state index in [1.54, 1.807) is 4.90 Å². The molecule has 2 rings (SSSR count). The van der Waals surface area contributed by atoms with Crippen molar-refractivity contribution >= 4 is 11.6 Å². The van der Waals surface area contributed by atoms with Crippen molar-refractivity contribution in [2.24, 2.45) is 5.92 Å². The SMILES string of the molecule is CCN(CC(C)C#N)C(=O)C1CCNc2ccccc21. The van der Waals surface area contributed by atoms with Crippen LogP contribution in [0.2, 0.25) is 0 Å². The number of anilines is 1. The predicted molar refractivity (Wildman–Crippen MR) is 79.3 cm³/mol. The second-order valence-electron chi connectivity index (χ2n) is 5.26. The zero-order valence-electron chi connectivity index (χ0n) is 12.1. The van der Waals surface area contributed by atoms with E-state index in [9.17, 15) is 4.79 Å². The molecule has 1 heterocycles. The van der Waals surface area contributed by atoms with Gasteiger partial charge in [-0.15, -0.1) is 0 Å². The van der Waals surface area contributed by atoms with Crippen molar-refractivity contribution in [1.82, 2.24) is 4.90 Å². The first kappa shape index (κ1) is 14.4. The minimum atomic E-state index is -0.129. The molecule has 2 atom stereocenters. The number of carbonyl (C=O) groups is 1. The smallest absolute Gasteiger partial charge is 0.230 e. The molecule has 0 fully saturated rings. The minimum absolute atomic E-state index is 0.0849. The second kappa shape index (κ2) is 6.42. The van der Waals surface area contributed by atoms with E-state index in [0.717, 1.165) is 24.2 Å². The second-order valence-corrected chi connectivity index (χ2v) is 5.26. The number of amides is 1. The average molecular weight is 271 g/mol. The fourth-order valence-electron chi connectivity index (χ4n) is 2.69. The summed E-state index contributed by atoms with van der Waals surface area (Å²) in [6, 6.07) is 10.2. The lowest BCUT2D eigenvalue weighted by molar-refractivity contribution is -0.133. The van der Waals surface area contributed by atoms with Crippen LogP contribution in [0.25, 0.3) is 0 Å². The number of nitrogens with one attached hydrogen (secondary N) is 1. The largest absolute Gasteiger partial charge is 0.385 e. The van der Waals surface area contributed by atoms with Crippen molar-refractivity contribution in [2.75, 3.05) is 25.0 Å². The number of nitriles is 1. The van der Waals surface area contributed by atoms with Crippen molar-refractivity contribution < 1.29 is 4.79 Å². The Morgan fingerprint density at radius 2 is 2.30 bits per heavy atom. The third-order valence-corrected chi connectivity index (χ3v) is 3.79. The standard InChI is InChI=1S/C16H21N3O/c1-3-19(11-12(2)10-17)16(20)14-8-9-18-15-7-5-4-6-13(14)15/h4-7,12,14,18H,3,8-9,11H2,1-2H3. The minimum Gasteiger partial charge on any atom is -0.385 e. The summed E-state index contributed by atoms with van der Waals surface area (Å²) in [7, 11) is 0. The monoisotopic (exact) mass is 271 g/mol. The fourth-order valence-corrected chi connectivity index (χ4v) is 2.69. The Bertz CT molecular complexity index is 521. The highest BCUT2D eigenvalue weighted by atomic mass is 16.2. The lowest BCUT2D eigenvalue weighted by atomic mass is 9.89. The zero-order chi connectivity index (χ0) is 14.5. The Morgan fingerprint density at radius 3 is 3.00 bits per heavy atom. The van der Waals surface area contributed by atoms with Crippen LogP contribution >= 0.6 is 0 Å². The van der Waals surface area contributed by atoms with E-state index in [1.807, 2.05) is 38.1 Å². The number of carbonyl (C=O) groups excluding carboxylic acids is 1. The van der Waals surface area contributed by atoms with Gasteiger partial charge in [-0.3, -0.25) is 4.79 Å². The van der Waals surface area contributed by atoms with Crippen molar-refractivity contribution in [3.05, 3.63) is 29.8 Å². The average Bonchev–Trinajstić information content (AvgIpc) is 2.51. The number of benzene rings is 1. The van der Waals surface area contributed by atoms with Crippen molar-refractivity contribution in [3.63, 3.8) is 0 Å². The molecule has 1 aromatic carbocycles. The summed E-state index contributed by atoms with van der Waals surface area (Å²) >= 11 is 0. The summed E-state index contributed by atoms with van der Waals surface area (Å²) in [5.41, 5.74) is 2.13. The van der Waals surface area contributed by atoms with Crippen LogP contribution < -0.4 is 5.32 Å². The highest BCUT2D eigenvalue weighted by Crippen LogP contribution is 2.32. The molecule has 4 heteroatoms. The van der Waals surface area contributed by atoms with Gasteiger partial charge < -0.3 is 10.2 Å². The highest BCUT2D eigenvalue weighted by Gasteiger charge is 2.29. The molecule has 1 amide bonds. The number of hydrogen-bond donors (Lipinski definition) is 1. The molecule has 2 unspecified atom stereocenters. The molecule has 1 aromatic rings. The van der Waals surface area contributed by atoms with Gasteiger partial charge in [0.2, 0.25) is 5.91 Å². The first-order chi connectivity index (χ1) is 9.67. The normalized spacial score (nSPS) is 18.4. The molecule has 0 radical (unpaired) electrons. The molecule has 0 spiro atoms. The summed E-state index contributed by atoms with van der Waals surface area (Å²) in [5.74, 6) is -0.0716. The number of para-hydroxylation sites is 1. The molecule has 0 bridgehead atoms. The van der Waals surface area contributed by atoms with Gasteiger partial charge in [0, 0.05) is 25.3 Å². The lowest BCUT2D eigenvalue weighted by Gasteiger charge is -2.31. The third-order valence-electron chi connectivity index (χ3n) is 3.79. The molecule has 0 saturated carbocycles. The third kappa shape index (κ3) is 2.93. The van der Waals surface area contributed by atoms with Crippen LogP contribution in [-0.4, -0.2) is 30.4 Å². The van der Waals surface area contributed by atoms with E-state index in [2.05, 4.69) is 11.4 Å². The van der Waals surface area contributed by atoms with Crippen LogP contribution in [-0.2, 0) is 4.79 Å². The van der Waals surface area contributed by atoms with Crippen LogP contribution in [0, 0.1) is 17.2 Å². The van der Waals surface area contributed by atoms with Crippen molar-refractivity contribution in [3.8, 4) is 6.07 Å². The van der Waals surface area contributed by atoms with Gasteiger partial charge in [-0.05, 0) is 31.9 Å². The number of nitrogens with zero attached hydrogens (tertiary/aromatic N) is 2. The van der Waals surface area contributed by atoms with E-state index in [4.69, 9.17) is 5.26 Å². The van der Waals surface area contributed by atoms with Gasteiger partial charge in [0.1, 0.15) is 0 Å². The molecule has 4 nitrogen and oxygen atoms in total. The summed E-state index contributed by atoms with van der Waals surface area (Å²) in [6.07, 6.45) is 0.813. The summed E-state index contributed by atoms with van der Waals surface area (Å²) in [6.45, 7) is 5.80. The Morgan fingerprint density at radius 1 is 1.55 bits per heavy atom. The topological polar surface area (TPSA) is 56.1 Å². The van der Waals surface area contributed by atoms with E-state index in [1.165, 1.54) is 0 Å². The van der Waals surface area contributed by atoms with Gasteiger partial charge in [-0.1, -0.05) is 18.2 Å². The van der Waals surface area contributed by atoms with Crippen molar-refractivity contribution in [1.29, 1.82) is 5.26 Å². The highest BCUT2D eigenvalue weighted by molar-refractivity contribution is 5.86. The quantitative estimate of drug-likeness (QED) is 0.915.